The Labute approximate surface area is 187 Å². The highest BCUT2D eigenvalue weighted by atomic mass is 16.5. The first-order valence-electron chi connectivity index (χ1n) is 10.3. The predicted molar refractivity (Wildman–Crippen MR) is 123 cm³/mol. The lowest BCUT2D eigenvalue weighted by Crippen LogP contribution is -2.43. The number of carbonyl (C=O) groups is 2. The Morgan fingerprint density at radius 3 is 2.44 bits per heavy atom. The number of methoxy groups -OCH3 is 2. The molecule has 3 amide bonds. The summed E-state index contributed by atoms with van der Waals surface area (Å²) in [6.45, 7) is 0.578. The molecule has 0 aliphatic carbocycles. The van der Waals surface area contributed by atoms with Crippen LogP contribution in [0.2, 0.25) is 0 Å². The van der Waals surface area contributed by atoms with E-state index in [1.165, 1.54) is 7.11 Å². The smallest absolute Gasteiger partial charge is 0.320 e. The van der Waals surface area contributed by atoms with Gasteiger partial charge in [-0.15, -0.1) is 0 Å². The van der Waals surface area contributed by atoms with Crippen molar-refractivity contribution in [3.05, 3.63) is 83.9 Å². The lowest BCUT2D eigenvalue weighted by Gasteiger charge is -2.25. The number of urea groups is 1. The van der Waals surface area contributed by atoms with Crippen molar-refractivity contribution < 1.29 is 19.1 Å². The third-order valence-corrected chi connectivity index (χ3v) is 5.46. The Morgan fingerprint density at radius 2 is 1.69 bits per heavy atom. The van der Waals surface area contributed by atoms with Gasteiger partial charge >= 0.3 is 6.03 Å². The van der Waals surface area contributed by atoms with E-state index in [0.29, 0.717) is 29.3 Å². The summed E-state index contributed by atoms with van der Waals surface area (Å²) >= 11 is 0. The standard InChI is InChI=1S/C25H25N3O4/c1-31-19-12-13-22(32-2)20(16-19)26-25(30)27-23(18-9-4-3-5-10-18)24(29)28-15-14-17-8-6-7-11-21(17)28/h3-13,16,23H,14-15H2,1-2H3,(H2,26,27,30)/t23-/m0/s1. The van der Waals surface area contributed by atoms with Crippen LogP contribution in [0.15, 0.2) is 72.8 Å². The average Bonchev–Trinajstić information content (AvgIpc) is 3.27. The number of para-hydroxylation sites is 1. The molecule has 7 nitrogen and oxygen atoms in total. The topological polar surface area (TPSA) is 79.9 Å². The molecule has 3 aromatic rings. The Hall–Kier alpha value is -4.00. The third-order valence-electron chi connectivity index (χ3n) is 5.46. The first kappa shape index (κ1) is 21.2. The van der Waals surface area contributed by atoms with Crippen LogP contribution in [0.3, 0.4) is 0 Å². The van der Waals surface area contributed by atoms with Gasteiger partial charge in [0, 0.05) is 18.3 Å². The first-order valence-corrected chi connectivity index (χ1v) is 10.3. The van der Waals surface area contributed by atoms with E-state index in [-0.39, 0.29) is 5.91 Å². The van der Waals surface area contributed by atoms with Crippen LogP contribution in [0.4, 0.5) is 16.2 Å². The fourth-order valence-corrected chi connectivity index (χ4v) is 3.86. The number of ether oxygens (including phenoxy) is 2. The number of fused-ring (bicyclic) bond motifs is 1. The SMILES string of the molecule is COc1ccc(OC)c(NC(=O)N[C@H](C(=O)N2CCc3ccccc32)c2ccccc2)c1. The molecule has 32 heavy (non-hydrogen) atoms. The monoisotopic (exact) mass is 431 g/mol. The Morgan fingerprint density at radius 1 is 0.938 bits per heavy atom. The second kappa shape index (κ2) is 9.43. The minimum absolute atomic E-state index is 0.186. The van der Waals surface area contributed by atoms with Crippen molar-refractivity contribution >= 4 is 23.3 Å². The molecule has 1 aliphatic heterocycles. The van der Waals surface area contributed by atoms with E-state index in [1.807, 2.05) is 54.6 Å². The van der Waals surface area contributed by atoms with Crippen molar-refractivity contribution in [3.8, 4) is 11.5 Å². The number of nitrogens with one attached hydrogen (secondary N) is 2. The summed E-state index contributed by atoms with van der Waals surface area (Å²) < 4.78 is 10.6. The summed E-state index contributed by atoms with van der Waals surface area (Å²) in [6.07, 6.45) is 0.788. The number of benzene rings is 3. The van der Waals surface area contributed by atoms with E-state index in [0.717, 1.165) is 17.7 Å². The highest BCUT2D eigenvalue weighted by molar-refractivity contribution is 6.02. The van der Waals surface area contributed by atoms with Gasteiger partial charge in [0.2, 0.25) is 0 Å². The zero-order chi connectivity index (χ0) is 22.5. The molecule has 4 rings (SSSR count). The van der Waals surface area contributed by atoms with Crippen LogP contribution in [0, 0.1) is 0 Å². The molecule has 0 aromatic heterocycles. The van der Waals surface area contributed by atoms with E-state index < -0.39 is 12.1 Å². The van der Waals surface area contributed by atoms with E-state index in [2.05, 4.69) is 10.6 Å². The predicted octanol–water partition coefficient (Wildman–Crippen LogP) is 4.16. The molecule has 0 saturated carbocycles. The molecule has 0 bridgehead atoms. The van der Waals surface area contributed by atoms with Crippen molar-refractivity contribution in [2.75, 3.05) is 31.0 Å². The van der Waals surface area contributed by atoms with Crippen LogP contribution >= 0.6 is 0 Å². The number of hydrogen-bond donors (Lipinski definition) is 2. The van der Waals surface area contributed by atoms with E-state index in [1.54, 1.807) is 30.2 Å². The maximum absolute atomic E-state index is 13.6. The minimum Gasteiger partial charge on any atom is -0.497 e. The van der Waals surface area contributed by atoms with Gasteiger partial charge in [0.25, 0.3) is 5.91 Å². The van der Waals surface area contributed by atoms with Gasteiger partial charge in [0.1, 0.15) is 17.5 Å². The van der Waals surface area contributed by atoms with E-state index >= 15 is 0 Å². The normalized spacial score (nSPS) is 13.1. The average molecular weight is 431 g/mol. The molecule has 0 spiro atoms. The van der Waals surface area contributed by atoms with Gasteiger partial charge in [0.05, 0.1) is 19.9 Å². The summed E-state index contributed by atoms with van der Waals surface area (Å²) in [5.41, 5.74) is 3.15. The molecule has 1 aliphatic rings. The van der Waals surface area contributed by atoms with Crippen molar-refractivity contribution in [3.63, 3.8) is 0 Å². The van der Waals surface area contributed by atoms with Gasteiger partial charge in [-0.05, 0) is 35.7 Å². The van der Waals surface area contributed by atoms with Gasteiger partial charge < -0.3 is 25.0 Å². The highest BCUT2D eigenvalue weighted by Crippen LogP contribution is 2.31. The second-order valence-electron chi connectivity index (χ2n) is 7.38. The van der Waals surface area contributed by atoms with Crippen LogP contribution in [-0.4, -0.2) is 32.7 Å². The molecule has 1 heterocycles. The largest absolute Gasteiger partial charge is 0.497 e. The summed E-state index contributed by atoms with van der Waals surface area (Å²) in [5.74, 6) is 0.872. The van der Waals surface area contributed by atoms with Gasteiger partial charge in [-0.25, -0.2) is 4.79 Å². The number of carbonyl (C=O) groups excluding carboxylic acids is 2. The Bertz CT molecular complexity index is 1120. The molecule has 164 valence electrons. The first-order chi connectivity index (χ1) is 15.6. The van der Waals surface area contributed by atoms with Crippen molar-refractivity contribution in [2.45, 2.75) is 12.5 Å². The minimum atomic E-state index is -0.848. The van der Waals surface area contributed by atoms with Crippen LogP contribution in [0.5, 0.6) is 11.5 Å². The van der Waals surface area contributed by atoms with E-state index in [4.69, 9.17) is 9.47 Å². The van der Waals surface area contributed by atoms with Crippen molar-refractivity contribution in [1.29, 1.82) is 0 Å². The Kier molecular flexibility index (Phi) is 6.26. The molecule has 0 radical (unpaired) electrons. The summed E-state index contributed by atoms with van der Waals surface area (Å²) in [5, 5.41) is 5.62. The van der Waals surface area contributed by atoms with Gasteiger partial charge in [-0.2, -0.15) is 0 Å². The van der Waals surface area contributed by atoms with E-state index in [9.17, 15) is 9.59 Å². The third kappa shape index (κ3) is 4.37. The number of amides is 3. The summed E-state index contributed by atoms with van der Waals surface area (Å²) in [4.78, 5) is 28.2. The number of rotatable bonds is 6. The van der Waals surface area contributed by atoms with Crippen LogP contribution in [0.25, 0.3) is 0 Å². The molecular formula is C25H25N3O4. The molecule has 3 aromatic carbocycles. The lowest BCUT2D eigenvalue weighted by atomic mass is 10.1. The van der Waals surface area contributed by atoms with Gasteiger partial charge in [0.15, 0.2) is 0 Å². The van der Waals surface area contributed by atoms with Gasteiger partial charge in [-0.3, -0.25) is 4.79 Å². The van der Waals surface area contributed by atoms with Gasteiger partial charge in [-0.1, -0.05) is 48.5 Å². The summed E-state index contributed by atoms with van der Waals surface area (Å²) in [7, 11) is 3.07. The Balaban J connectivity index is 1.59. The summed E-state index contributed by atoms with van der Waals surface area (Å²) in [6, 6.07) is 20.8. The zero-order valence-electron chi connectivity index (χ0n) is 18.0. The van der Waals surface area contributed by atoms with Crippen LogP contribution < -0.4 is 25.0 Å². The molecule has 1 atom stereocenters. The fraction of sp³-hybridized carbons (Fsp3) is 0.200. The maximum atomic E-state index is 13.6. The number of hydrogen-bond acceptors (Lipinski definition) is 4. The van der Waals surface area contributed by atoms with Crippen molar-refractivity contribution in [2.24, 2.45) is 0 Å². The lowest BCUT2D eigenvalue weighted by molar-refractivity contribution is -0.120. The number of anilines is 2. The van der Waals surface area contributed by atoms with Crippen LogP contribution in [0.1, 0.15) is 17.2 Å². The molecule has 0 saturated heterocycles. The molecule has 0 fully saturated rings. The molecule has 7 heteroatoms. The fourth-order valence-electron chi connectivity index (χ4n) is 3.86. The van der Waals surface area contributed by atoms with Crippen LogP contribution in [-0.2, 0) is 11.2 Å². The quantitative estimate of drug-likeness (QED) is 0.614. The second-order valence-corrected chi connectivity index (χ2v) is 7.38. The molecule has 0 unspecified atom stereocenters. The maximum Gasteiger partial charge on any atom is 0.320 e. The molecule has 2 N–H and O–H groups in total. The number of nitrogens with zero attached hydrogens (tertiary/aromatic N) is 1. The highest BCUT2D eigenvalue weighted by Gasteiger charge is 2.32. The molecular weight excluding hydrogens is 406 g/mol. The van der Waals surface area contributed by atoms with Crippen molar-refractivity contribution in [1.82, 2.24) is 5.32 Å². The zero-order valence-corrected chi connectivity index (χ0v) is 18.0.